The van der Waals surface area contributed by atoms with Crippen LogP contribution < -0.4 is 5.73 Å². The minimum atomic E-state index is 0.172. The number of alkyl halides is 1. The van der Waals surface area contributed by atoms with Gasteiger partial charge in [0.2, 0.25) is 0 Å². The summed E-state index contributed by atoms with van der Waals surface area (Å²) in [5, 5.41) is 0. The first kappa shape index (κ1) is 8.31. The highest BCUT2D eigenvalue weighted by molar-refractivity contribution is 6.18. The summed E-state index contributed by atoms with van der Waals surface area (Å²) in [5.41, 5.74) is 5.76. The highest BCUT2D eigenvalue weighted by atomic mass is 35.5. The Morgan fingerprint density at radius 3 is 2.60 bits per heavy atom. The predicted molar refractivity (Wildman–Crippen MR) is 42.2 cm³/mol. The summed E-state index contributed by atoms with van der Waals surface area (Å²) < 4.78 is 5.20. The molecule has 2 N–H and O–H groups in total. The van der Waals surface area contributed by atoms with Crippen LogP contribution in [0.1, 0.15) is 12.8 Å². The highest BCUT2D eigenvalue weighted by Gasteiger charge is 2.19. The lowest BCUT2D eigenvalue weighted by Crippen LogP contribution is -2.35. The average molecular weight is 164 g/mol. The van der Waals surface area contributed by atoms with Gasteiger partial charge in [-0.3, -0.25) is 0 Å². The SMILES string of the molecule is NC(CCl)C1CCOCC1. The molecule has 1 aliphatic rings. The third kappa shape index (κ3) is 2.11. The number of rotatable bonds is 2. The second-order valence-corrected chi connectivity index (χ2v) is 3.08. The van der Waals surface area contributed by atoms with Crippen molar-refractivity contribution < 1.29 is 4.74 Å². The fourth-order valence-electron chi connectivity index (χ4n) is 1.27. The molecule has 10 heavy (non-hydrogen) atoms. The zero-order chi connectivity index (χ0) is 7.40. The van der Waals surface area contributed by atoms with Gasteiger partial charge in [-0.2, -0.15) is 0 Å². The largest absolute Gasteiger partial charge is 0.381 e. The van der Waals surface area contributed by atoms with Crippen LogP contribution in [0.25, 0.3) is 0 Å². The Morgan fingerprint density at radius 2 is 2.10 bits per heavy atom. The van der Waals surface area contributed by atoms with Crippen molar-refractivity contribution in [3.8, 4) is 0 Å². The minimum Gasteiger partial charge on any atom is -0.381 e. The molecule has 1 rings (SSSR count). The molecule has 0 aromatic carbocycles. The minimum absolute atomic E-state index is 0.172. The zero-order valence-corrected chi connectivity index (χ0v) is 6.81. The van der Waals surface area contributed by atoms with E-state index < -0.39 is 0 Å². The normalized spacial score (nSPS) is 24.6. The van der Waals surface area contributed by atoms with E-state index in [2.05, 4.69) is 0 Å². The van der Waals surface area contributed by atoms with Gasteiger partial charge in [0.1, 0.15) is 0 Å². The average Bonchev–Trinajstić information content (AvgIpc) is 2.05. The molecular formula is C7H14ClNO. The molecule has 1 atom stereocenters. The Hall–Kier alpha value is 0.210. The molecule has 0 radical (unpaired) electrons. The maximum absolute atomic E-state index is 5.76. The first-order valence-corrected chi connectivity index (χ1v) is 4.27. The molecule has 1 aliphatic heterocycles. The monoisotopic (exact) mass is 163 g/mol. The van der Waals surface area contributed by atoms with Crippen molar-refractivity contribution in [3.05, 3.63) is 0 Å². The predicted octanol–water partition coefficient (Wildman–Crippen LogP) is 0.979. The maximum Gasteiger partial charge on any atom is 0.0469 e. The standard InChI is InChI=1S/C7H14ClNO/c8-5-7(9)6-1-3-10-4-2-6/h6-7H,1-5,9H2. The molecule has 2 nitrogen and oxygen atoms in total. The van der Waals surface area contributed by atoms with E-state index >= 15 is 0 Å². The second kappa shape index (κ2) is 4.16. The summed E-state index contributed by atoms with van der Waals surface area (Å²) in [4.78, 5) is 0. The molecular weight excluding hydrogens is 150 g/mol. The van der Waals surface area contributed by atoms with Crippen LogP contribution >= 0.6 is 11.6 Å². The lowest BCUT2D eigenvalue weighted by Gasteiger charge is -2.25. The van der Waals surface area contributed by atoms with Gasteiger partial charge in [0, 0.05) is 25.1 Å². The first-order valence-electron chi connectivity index (χ1n) is 3.74. The molecule has 0 aromatic heterocycles. The third-order valence-corrected chi connectivity index (χ3v) is 2.41. The van der Waals surface area contributed by atoms with Crippen molar-refractivity contribution in [1.29, 1.82) is 0 Å². The number of hydrogen-bond acceptors (Lipinski definition) is 2. The van der Waals surface area contributed by atoms with E-state index in [-0.39, 0.29) is 6.04 Å². The maximum atomic E-state index is 5.76. The summed E-state index contributed by atoms with van der Waals surface area (Å²) in [6.45, 7) is 1.71. The van der Waals surface area contributed by atoms with Crippen LogP contribution in [0, 0.1) is 5.92 Å². The van der Waals surface area contributed by atoms with E-state index in [9.17, 15) is 0 Å². The summed E-state index contributed by atoms with van der Waals surface area (Å²) in [7, 11) is 0. The zero-order valence-electron chi connectivity index (χ0n) is 6.05. The van der Waals surface area contributed by atoms with E-state index in [0.717, 1.165) is 26.1 Å². The van der Waals surface area contributed by atoms with Gasteiger partial charge < -0.3 is 10.5 Å². The van der Waals surface area contributed by atoms with Crippen molar-refractivity contribution in [1.82, 2.24) is 0 Å². The molecule has 0 bridgehead atoms. The van der Waals surface area contributed by atoms with Crippen LogP contribution in [-0.2, 0) is 4.74 Å². The van der Waals surface area contributed by atoms with Crippen LogP contribution in [0.2, 0.25) is 0 Å². The molecule has 0 aliphatic carbocycles. The molecule has 1 fully saturated rings. The molecule has 0 saturated carbocycles. The Labute approximate surface area is 66.7 Å². The van der Waals surface area contributed by atoms with Gasteiger partial charge in [0.05, 0.1) is 0 Å². The Bertz CT molecular complexity index is 93.6. The van der Waals surface area contributed by atoms with Gasteiger partial charge in [-0.05, 0) is 18.8 Å². The van der Waals surface area contributed by atoms with E-state index in [1.807, 2.05) is 0 Å². The van der Waals surface area contributed by atoms with Crippen LogP contribution in [0.3, 0.4) is 0 Å². The number of halogens is 1. The molecule has 0 amide bonds. The van der Waals surface area contributed by atoms with Crippen molar-refractivity contribution in [2.24, 2.45) is 11.7 Å². The molecule has 0 aromatic rings. The van der Waals surface area contributed by atoms with Gasteiger partial charge in [-0.1, -0.05) is 0 Å². The molecule has 1 heterocycles. The Morgan fingerprint density at radius 1 is 1.50 bits per heavy atom. The van der Waals surface area contributed by atoms with Crippen molar-refractivity contribution in [2.45, 2.75) is 18.9 Å². The first-order chi connectivity index (χ1) is 4.84. The van der Waals surface area contributed by atoms with Gasteiger partial charge in [0.15, 0.2) is 0 Å². The molecule has 1 unspecified atom stereocenters. The van der Waals surface area contributed by atoms with Crippen LogP contribution in [0.15, 0.2) is 0 Å². The second-order valence-electron chi connectivity index (χ2n) is 2.77. The fraction of sp³-hybridized carbons (Fsp3) is 1.00. The van der Waals surface area contributed by atoms with E-state index in [0.29, 0.717) is 11.8 Å². The van der Waals surface area contributed by atoms with E-state index in [1.54, 1.807) is 0 Å². The molecule has 0 spiro atoms. The lowest BCUT2D eigenvalue weighted by atomic mass is 9.94. The highest BCUT2D eigenvalue weighted by Crippen LogP contribution is 2.17. The Kier molecular flexibility index (Phi) is 3.46. The van der Waals surface area contributed by atoms with Gasteiger partial charge in [-0.25, -0.2) is 0 Å². The summed E-state index contributed by atoms with van der Waals surface area (Å²) >= 11 is 5.62. The van der Waals surface area contributed by atoms with Crippen LogP contribution in [-0.4, -0.2) is 25.1 Å². The Balaban J connectivity index is 2.24. The van der Waals surface area contributed by atoms with Crippen molar-refractivity contribution >= 4 is 11.6 Å². The molecule has 60 valence electrons. The third-order valence-electron chi connectivity index (χ3n) is 2.05. The quantitative estimate of drug-likeness (QED) is 0.616. The summed E-state index contributed by atoms with van der Waals surface area (Å²) in [5.74, 6) is 1.16. The van der Waals surface area contributed by atoms with Crippen molar-refractivity contribution in [3.63, 3.8) is 0 Å². The van der Waals surface area contributed by atoms with E-state index in [4.69, 9.17) is 22.1 Å². The van der Waals surface area contributed by atoms with Crippen molar-refractivity contribution in [2.75, 3.05) is 19.1 Å². The smallest absolute Gasteiger partial charge is 0.0469 e. The number of nitrogens with two attached hydrogens (primary N) is 1. The van der Waals surface area contributed by atoms with Crippen LogP contribution in [0.4, 0.5) is 0 Å². The molecule has 3 heteroatoms. The summed E-state index contributed by atoms with van der Waals surface area (Å²) in [6.07, 6.45) is 2.15. The summed E-state index contributed by atoms with van der Waals surface area (Å²) in [6, 6.07) is 0.172. The van der Waals surface area contributed by atoms with E-state index in [1.165, 1.54) is 0 Å². The number of ether oxygens (including phenoxy) is 1. The van der Waals surface area contributed by atoms with Gasteiger partial charge >= 0.3 is 0 Å². The topological polar surface area (TPSA) is 35.2 Å². The lowest BCUT2D eigenvalue weighted by molar-refractivity contribution is 0.0606. The van der Waals surface area contributed by atoms with Gasteiger partial charge in [-0.15, -0.1) is 11.6 Å². The van der Waals surface area contributed by atoms with Gasteiger partial charge in [0.25, 0.3) is 0 Å². The fourth-order valence-corrected chi connectivity index (χ4v) is 1.52. The molecule has 1 saturated heterocycles. The van der Waals surface area contributed by atoms with Crippen LogP contribution in [0.5, 0.6) is 0 Å². The number of hydrogen-bond donors (Lipinski definition) is 1.